The minimum atomic E-state index is -0.312. The fraction of sp³-hybridized carbons (Fsp3) is 0.211. The first kappa shape index (κ1) is 17.6. The topological polar surface area (TPSA) is 72.3 Å². The predicted octanol–water partition coefficient (Wildman–Crippen LogP) is 2.46. The molecule has 0 bridgehead atoms. The summed E-state index contributed by atoms with van der Waals surface area (Å²) in [7, 11) is 3.99. The summed E-state index contributed by atoms with van der Waals surface area (Å²) in [5, 5.41) is 10.7. The second-order valence-corrected chi connectivity index (χ2v) is 6.01. The number of amides is 1. The number of anilines is 1. The lowest BCUT2D eigenvalue weighted by atomic mass is 10.3. The van der Waals surface area contributed by atoms with Gasteiger partial charge in [-0.25, -0.2) is 4.68 Å². The number of rotatable bonds is 7. The lowest BCUT2D eigenvalue weighted by Crippen LogP contribution is -2.19. The predicted molar refractivity (Wildman–Crippen MR) is 99.8 cm³/mol. The molecule has 0 unspecified atom stereocenters. The van der Waals surface area contributed by atoms with Gasteiger partial charge in [-0.1, -0.05) is 23.4 Å². The van der Waals surface area contributed by atoms with Crippen LogP contribution in [0, 0.1) is 0 Å². The Labute approximate surface area is 152 Å². The van der Waals surface area contributed by atoms with E-state index in [1.54, 1.807) is 23.0 Å². The molecule has 0 fully saturated rings. The van der Waals surface area contributed by atoms with Crippen molar-refractivity contribution in [1.29, 1.82) is 0 Å². The van der Waals surface area contributed by atoms with Gasteiger partial charge in [0.15, 0.2) is 5.69 Å². The number of hydrogen-bond acceptors (Lipinski definition) is 5. The highest BCUT2D eigenvalue weighted by Crippen LogP contribution is 2.16. The second kappa shape index (κ2) is 8.26. The highest BCUT2D eigenvalue weighted by atomic mass is 16.5. The second-order valence-electron chi connectivity index (χ2n) is 6.01. The van der Waals surface area contributed by atoms with Gasteiger partial charge in [-0.2, -0.15) is 0 Å². The number of benzene rings is 2. The van der Waals surface area contributed by atoms with Crippen LogP contribution in [0.3, 0.4) is 0 Å². The number of hydrogen-bond donors (Lipinski definition) is 1. The number of carbonyl (C=O) groups excluding carboxylic acids is 1. The first-order valence-electron chi connectivity index (χ1n) is 8.28. The minimum absolute atomic E-state index is 0.250. The summed E-state index contributed by atoms with van der Waals surface area (Å²) in [4.78, 5) is 14.4. The number of nitrogens with one attached hydrogen (secondary N) is 1. The number of aromatic nitrogens is 3. The Bertz CT molecular complexity index is 844. The third-order valence-corrected chi connectivity index (χ3v) is 3.67. The van der Waals surface area contributed by atoms with E-state index in [0.29, 0.717) is 12.3 Å². The molecule has 2 aromatic carbocycles. The Kier molecular flexibility index (Phi) is 5.60. The van der Waals surface area contributed by atoms with Crippen molar-refractivity contribution in [2.75, 3.05) is 32.6 Å². The fourth-order valence-electron chi connectivity index (χ4n) is 2.25. The molecular formula is C19H21N5O2. The van der Waals surface area contributed by atoms with Crippen LogP contribution in [0.1, 0.15) is 10.5 Å². The summed E-state index contributed by atoms with van der Waals surface area (Å²) in [5.74, 6) is 0.452. The van der Waals surface area contributed by atoms with E-state index in [2.05, 4.69) is 20.5 Å². The van der Waals surface area contributed by atoms with Crippen molar-refractivity contribution in [2.24, 2.45) is 0 Å². The zero-order valence-electron chi connectivity index (χ0n) is 14.8. The molecule has 134 valence electrons. The quantitative estimate of drug-likeness (QED) is 0.708. The molecule has 0 aliphatic rings. The maximum absolute atomic E-state index is 12.3. The van der Waals surface area contributed by atoms with E-state index in [0.717, 1.165) is 18.0 Å². The molecule has 7 heteroatoms. The van der Waals surface area contributed by atoms with E-state index < -0.39 is 0 Å². The molecule has 0 spiro atoms. The van der Waals surface area contributed by atoms with E-state index >= 15 is 0 Å². The molecule has 0 atom stereocenters. The molecule has 1 amide bonds. The highest BCUT2D eigenvalue weighted by molar-refractivity contribution is 6.02. The number of ether oxygens (including phenoxy) is 1. The molecule has 1 heterocycles. The van der Waals surface area contributed by atoms with Crippen molar-refractivity contribution >= 4 is 11.6 Å². The van der Waals surface area contributed by atoms with E-state index in [-0.39, 0.29) is 11.6 Å². The van der Waals surface area contributed by atoms with Crippen LogP contribution in [0.2, 0.25) is 0 Å². The summed E-state index contributed by atoms with van der Waals surface area (Å²) in [5.41, 5.74) is 1.77. The van der Waals surface area contributed by atoms with Crippen molar-refractivity contribution in [2.45, 2.75) is 0 Å². The molecular weight excluding hydrogens is 330 g/mol. The summed E-state index contributed by atoms with van der Waals surface area (Å²) in [6, 6.07) is 16.8. The van der Waals surface area contributed by atoms with Crippen LogP contribution in [0.4, 0.5) is 5.69 Å². The van der Waals surface area contributed by atoms with Crippen LogP contribution in [0.15, 0.2) is 60.8 Å². The first-order chi connectivity index (χ1) is 12.6. The Morgan fingerprint density at radius 1 is 1.12 bits per heavy atom. The number of nitrogens with zero attached hydrogens (tertiary/aromatic N) is 4. The minimum Gasteiger partial charge on any atom is -0.492 e. The van der Waals surface area contributed by atoms with Crippen LogP contribution >= 0.6 is 0 Å². The van der Waals surface area contributed by atoms with Crippen LogP contribution in [-0.4, -0.2) is 53.0 Å². The van der Waals surface area contributed by atoms with Crippen molar-refractivity contribution in [3.8, 4) is 11.4 Å². The molecule has 0 saturated heterocycles. The average Bonchev–Trinajstić information content (AvgIpc) is 3.14. The zero-order chi connectivity index (χ0) is 18.4. The maximum atomic E-state index is 12.3. The highest BCUT2D eigenvalue weighted by Gasteiger charge is 2.12. The van der Waals surface area contributed by atoms with Crippen LogP contribution < -0.4 is 10.1 Å². The van der Waals surface area contributed by atoms with Gasteiger partial charge in [0, 0.05) is 12.2 Å². The fourth-order valence-corrected chi connectivity index (χ4v) is 2.25. The Morgan fingerprint density at radius 2 is 1.85 bits per heavy atom. The van der Waals surface area contributed by atoms with Gasteiger partial charge in [0.05, 0.1) is 11.9 Å². The van der Waals surface area contributed by atoms with Crippen LogP contribution in [-0.2, 0) is 0 Å². The summed E-state index contributed by atoms with van der Waals surface area (Å²) < 4.78 is 7.20. The number of carbonyl (C=O) groups is 1. The van der Waals surface area contributed by atoms with Crippen molar-refractivity contribution < 1.29 is 9.53 Å². The Balaban J connectivity index is 1.59. The van der Waals surface area contributed by atoms with E-state index in [1.165, 1.54) is 0 Å². The molecule has 1 N–H and O–H groups in total. The van der Waals surface area contributed by atoms with Crippen molar-refractivity contribution in [1.82, 2.24) is 19.9 Å². The maximum Gasteiger partial charge on any atom is 0.277 e. The summed E-state index contributed by atoms with van der Waals surface area (Å²) in [6.45, 7) is 1.46. The molecule has 0 aliphatic heterocycles. The van der Waals surface area contributed by atoms with Gasteiger partial charge in [-0.05, 0) is 50.5 Å². The van der Waals surface area contributed by atoms with Gasteiger partial charge in [-0.15, -0.1) is 5.10 Å². The lowest BCUT2D eigenvalue weighted by Gasteiger charge is -2.11. The normalized spacial score (nSPS) is 10.7. The molecule has 1 aromatic heterocycles. The summed E-state index contributed by atoms with van der Waals surface area (Å²) >= 11 is 0. The van der Waals surface area contributed by atoms with E-state index in [9.17, 15) is 4.79 Å². The third-order valence-electron chi connectivity index (χ3n) is 3.67. The molecule has 3 aromatic rings. The largest absolute Gasteiger partial charge is 0.492 e. The van der Waals surface area contributed by atoms with Gasteiger partial charge >= 0.3 is 0 Å². The molecule has 26 heavy (non-hydrogen) atoms. The third kappa shape index (κ3) is 4.67. The Morgan fingerprint density at radius 3 is 2.54 bits per heavy atom. The van der Waals surface area contributed by atoms with Crippen LogP contribution in [0.25, 0.3) is 5.69 Å². The molecule has 0 saturated carbocycles. The van der Waals surface area contributed by atoms with Gasteiger partial charge in [0.2, 0.25) is 0 Å². The standard InChI is InChI=1S/C19H21N5O2/c1-23(2)12-13-26-17-10-8-15(9-11-17)20-19(25)18-14-24(22-21-18)16-6-4-3-5-7-16/h3-11,14H,12-13H2,1-2H3,(H,20,25). The van der Waals surface area contributed by atoms with E-state index in [4.69, 9.17) is 4.74 Å². The van der Waals surface area contributed by atoms with Gasteiger partial charge in [0.25, 0.3) is 5.91 Å². The molecule has 7 nitrogen and oxygen atoms in total. The van der Waals surface area contributed by atoms with Gasteiger partial charge < -0.3 is 15.0 Å². The molecule has 0 aliphatic carbocycles. The molecule has 0 radical (unpaired) electrons. The number of likely N-dealkylation sites (N-methyl/N-ethyl adjacent to an activating group) is 1. The molecule has 3 rings (SSSR count). The average molecular weight is 351 g/mol. The van der Waals surface area contributed by atoms with Crippen molar-refractivity contribution in [3.63, 3.8) is 0 Å². The Hall–Kier alpha value is -3.19. The number of para-hydroxylation sites is 1. The van der Waals surface area contributed by atoms with Gasteiger partial charge in [-0.3, -0.25) is 4.79 Å². The SMILES string of the molecule is CN(C)CCOc1ccc(NC(=O)c2cn(-c3ccccc3)nn2)cc1. The van der Waals surface area contributed by atoms with E-state index in [1.807, 2.05) is 56.6 Å². The lowest BCUT2D eigenvalue weighted by molar-refractivity contribution is 0.102. The van der Waals surface area contributed by atoms with Gasteiger partial charge in [0.1, 0.15) is 12.4 Å². The smallest absolute Gasteiger partial charge is 0.277 e. The van der Waals surface area contributed by atoms with Crippen LogP contribution in [0.5, 0.6) is 5.75 Å². The monoisotopic (exact) mass is 351 g/mol. The first-order valence-corrected chi connectivity index (χ1v) is 8.28. The summed E-state index contributed by atoms with van der Waals surface area (Å²) in [6.07, 6.45) is 1.60. The zero-order valence-corrected chi connectivity index (χ0v) is 14.8. The van der Waals surface area contributed by atoms with Crippen molar-refractivity contribution in [3.05, 3.63) is 66.5 Å².